The maximum absolute atomic E-state index is 12.8. The lowest BCUT2D eigenvalue weighted by Crippen LogP contribution is -2.49. The van der Waals surface area contributed by atoms with Gasteiger partial charge >= 0.3 is 0 Å². The summed E-state index contributed by atoms with van der Waals surface area (Å²) in [6, 6.07) is 2.36. The number of nitrogens with one attached hydrogen (secondary N) is 2. The third-order valence-corrected chi connectivity index (χ3v) is 11.2. The molecule has 2 N–H and O–H groups in total. The zero-order valence-electron chi connectivity index (χ0n) is 20.9. The number of H-pyrrole nitrogens is 1. The van der Waals surface area contributed by atoms with Gasteiger partial charge in [-0.3, -0.25) is 9.89 Å². The highest BCUT2D eigenvalue weighted by atomic mass is 32.2. The number of carbonyl (C=O) groups is 1. The van der Waals surface area contributed by atoms with Crippen LogP contribution in [0.3, 0.4) is 0 Å². The average Bonchev–Trinajstić information content (AvgIpc) is 3.40. The summed E-state index contributed by atoms with van der Waals surface area (Å²) in [4.78, 5) is 19.0. The van der Waals surface area contributed by atoms with E-state index in [2.05, 4.69) is 42.4 Å². The summed E-state index contributed by atoms with van der Waals surface area (Å²) in [5.41, 5.74) is 2.25. The first kappa shape index (κ1) is 23.5. The molecule has 2 aromatic rings. The summed E-state index contributed by atoms with van der Waals surface area (Å²) in [7, 11) is 0. The summed E-state index contributed by atoms with van der Waals surface area (Å²) in [5, 5.41) is 21.9. The smallest absolute Gasteiger partial charge is 0.235 e. The minimum absolute atomic E-state index is 0.0985. The van der Waals surface area contributed by atoms with Crippen molar-refractivity contribution in [2.24, 2.45) is 29.1 Å². The molecule has 1 atom stereocenters. The molecular weight excluding hydrogens is 474 g/mol. The molecule has 35 heavy (non-hydrogen) atoms. The largest absolute Gasteiger partial charge is 0.316 e. The third-order valence-electron chi connectivity index (χ3n) is 9.19. The molecule has 0 saturated heterocycles. The lowest BCUT2D eigenvalue weighted by molar-refractivity contribution is -0.113. The first-order valence-electron chi connectivity index (χ1n) is 13.1. The molecule has 4 fully saturated rings. The molecule has 7 rings (SSSR count). The van der Waals surface area contributed by atoms with Crippen LogP contribution in [-0.2, 0) is 23.1 Å². The normalized spacial score (nSPS) is 31.3. The van der Waals surface area contributed by atoms with Crippen LogP contribution in [0.5, 0.6) is 0 Å². The molecule has 0 unspecified atom stereocenters. The van der Waals surface area contributed by atoms with Gasteiger partial charge in [0.2, 0.25) is 11.1 Å². The van der Waals surface area contributed by atoms with E-state index in [0.29, 0.717) is 21.6 Å². The topological polar surface area (TPSA) is 94.5 Å². The fourth-order valence-corrected chi connectivity index (χ4v) is 9.67. The Bertz CT molecular complexity index is 1150. The van der Waals surface area contributed by atoms with Gasteiger partial charge < -0.3 is 5.32 Å². The Labute approximate surface area is 216 Å². The van der Waals surface area contributed by atoms with E-state index < -0.39 is 0 Å². The summed E-state index contributed by atoms with van der Waals surface area (Å²) in [6.07, 6.45) is 11.0. The van der Waals surface area contributed by atoms with Crippen molar-refractivity contribution < 1.29 is 4.79 Å². The summed E-state index contributed by atoms with van der Waals surface area (Å²) >= 11 is 2.97. The predicted molar refractivity (Wildman–Crippen MR) is 140 cm³/mol. The lowest BCUT2D eigenvalue weighted by atomic mass is 9.49. The molecule has 5 aliphatic carbocycles. The Morgan fingerprint density at radius 1 is 1.23 bits per heavy atom. The van der Waals surface area contributed by atoms with E-state index in [0.717, 1.165) is 48.4 Å². The Morgan fingerprint density at radius 3 is 2.54 bits per heavy atom. The van der Waals surface area contributed by atoms with Crippen molar-refractivity contribution in [2.45, 2.75) is 89.1 Å². The Kier molecular flexibility index (Phi) is 5.80. The summed E-state index contributed by atoms with van der Waals surface area (Å²) < 4.78 is 0. The van der Waals surface area contributed by atoms with E-state index in [4.69, 9.17) is 4.98 Å². The van der Waals surface area contributed by atoms with E-state index in [1.54, 1.807) is 11.3 Å². The monoisotopic (exact) mass is 509 g/mol. The number of thiophene rings is 1. The molecule has 4 bridgehead atoms. The van der Waals surface area contributed by atoms with Crippen LogP contribution in [0.15, 0.2) is 5.16 Å². The van der Waals surface area contributed by atoms with E-state index in [9.17, 15) is 10.1 Å². The second-order valence-corrected chi connectivity index (χ2v) is 14.7. The van der Waals surface area contributed by atoms with Gasteiger partial charge in [-0.15, -0.1) is 16.4 Å². The zero-order chi connectivity index (χ0) is 24.4. The molecule has 0 spiro atoms. The number of nitriles is 1. The summed E-state index contributed by atoms with van der Waals surface area (Å²) in [6.45, 7) is 6.87. The molecule has 0 radical (unpaired) electrons. The van der Waals surface area contributed by atoms with E-state index in [1.807, 2.05) is 0 Å². The van der Waals surface area contributed by atoms with Crippen LogP contribution in [0, 0.1) is 40.4 Å². The van der Waals surface area contributed by atoms with Gasteiger partial charge in [-0.2, -0.15) is 5.26 Å². The molecule has 2 aromatic heterocycles. The fraction of sp³-hybridized carbons (Fsp3) is 0.704. The van der Waals surface area contributed by atoms with Crippen LogP contribution in [0.25, 0.3) is 0 Å². The number of amides is 1. The van der Waals surface area contributed by atoms with Crippen LogP contribution in [0.4, 0.5) is 5.00 Å². The molecule has 8 heteroatoms. The van der Waals surface area contributed by atoms with Crippen LogP contribution in [-0.4, -0.2) is 26.8 Å². The maximum Gasteiger partial charge on any atom is 0.235 e. The number of nitrogens with zero attached hydrogens (tertiary/aromatic N) is 3. The van der Waals surface area contributed by atoms with Gasteiger partial charge in [0.15, 0.2) is 0 Å². The van der Waals surface area contributed by atoms with Crippen molar-refractivity contribution in [3.05, 3.63) is 21.8 Å². The van der Waals surface area contributed by atoms with Crippen molar-refractivity contribution in [3.8, 4) is 6.07 Å². The Hall–Kier alpha value is -1.85. The van der Waals surface area contributed by atoms with Crippen LogP contribution >= 0.6 is 23.1 Å². The number of carbonyl (C=O) groups excluding carboxylic acids is 1. The minimum atomic E-state index is -0.0985. The highest BCUT2D eigenvalue weighted by Crippen LogP contribution is 2.60. The number of anilines is 1. The van der Waals surface area contributed by atoms with Gasteiger partial charge in [-0.25, -0.2) is 4.98 Å². The average molecular weight is 510 g/mol. The first-order valence-corrected chi connectivity index (χ1v) is 14.9. The molecule has 5 aliphatic rings. The number of aromatic nitrogens is 3. The number of hydrogen-bond acceptors (Lipinski definition) is 6. The van der Waals surface area contributed by atoms with E-state index in [1.165, 1.54) is 55.2 Å². The van der Waals surface area contributed by atoms with Gasteiger partial charge in [-0.05, 0) is 92.4 Å². The maximum atomic E-state index is 12.8. The number of rotatable bonds is 5. The Balaban J connectivity index is 1.10. The second kappa shape index (κ2) is 8.62. The molecule has 0 aromatic carbocycles. The molecule has 186 valence electrons. The molecule has 0 aliphatic heterocycles. The molecule has 4 saturated carbocycles. The van der Waals surface area contributed by atoms with Gasteiger partial charge in [0.05, 0.1) is 11.3 Å². The van der Waals surface area contributed by atoms with Gasteiger partial charge in [0.25, 0.3) is 0 Å². The molecule has 6 nitrogen and oxygen atoms in total. The van der Waals surface area contributed by atoms with Crippen LogP contribution in [0.2, 0.25) is 0 Å². The van der Waals surface area contributed by atoms with Gasteiger partial charge in [0.1, 0.15) is 16.9 Å². The number of hydrogen-bond donors (Lipinski definition) is 2. The van der Waals surface area contributed by atoms with Crippen molar-refractivity contribution in [3.63, 3.8) is 0 Å². The molecular formula is C27H35N5OS2. The standard InChI is InChI=1S/C27H35N5OS2/c1-26(2,3)18-4-5-19-20(13-28)23(35-21(19)9-18)29-22(33)14-34-25-30-24(31-32-25)27-10-15-6-16(11-27)8-17(7-15)12-27/h15-18H,4-12,14H2,1-3H3,(H,29,33)(H,30,31,32)/t15?,16?,17?,18-,27?/m0/s1. The highest BCUT2D eigenvalue weighted by Gasteiger charge is 2.53. The van der Waals surface area contributed by atoms with Gasteiger partial charge in [0, 0.05) is 10.3 Å². The molecule has 1 amide bonds. The van der Waals surface area contributed by atoms with Crippen LogP contribution in [0.1, 0.15) is 87.5 Å². The predicted octanol–water partition coefficient (Wildman–Crippen LogP) is 6.09. The second-order valence-electron chi connectivity index (χ2n) is 12.6. The van der Waals surface area contributed by atoms with Crippen LogP contribution < -0.4 is 5.32 Å². The van der Waals surface area contributed by atoms with Crippen molar-refractivity contribution in [1.29, 1.82) is 5.26 Å². The van der Waals surface area contributed by atoms with E-state index in [-0.39, 0.29) is 22.5 Å². The quantitative estimate of drug-likeness (QED) is 0.476. The summed E-state index contributed by atoms with van der Waals surface area (Å²) in [5.74, 6) is 4.38. The molecule has 2 heterocycles. The van der Waals surface area contributed by atoms with E-state index >= 15 is 0 Å². The number of thioether (sulfide) groups is 1. The van der Waals surface area contributed by atoms with Crippen molar-refractivity contribution in [2.75, 3.05) is 11.1 Å². The Morgan fingerprint density at radius 2 is 1.91 bits per heavy atom. The lowest BCUT2D eigenvalue weighted by Gasteiger charge is -2.55. The zero-order valence-corrected chi connectivity index (χ0v) is 22.6. The SMILES string of the molecule is CC(C)(C)[C@H]1CCc2c(sc(NC(=O)CSc3n[nH]c(C45CC6CC(CC(C6)C4)C5)n3)c2C#N)C1. The van der Waals surface area contributed by atoms with Crippen molar-refractivity contribution in [1.82, 2.24) is 15.2 Å². The minimum Gasteiger partial charge on any atom is -0.316 e. The highest BCUT2D eigenvalue weighted by molar-refractivity contribution is 7.99. The van der Waals surface area contributed by atoms with Crippen molar-refractivity contribution >= 4 is 34.0 Å². The number of aromatic amines is 1. The first-order chi connectivity index (χ1) is 16.7. The third kappa shape index (κ3) is 4.33. The van der Waals surface area contributed by atoms with Gasteiger partial charge in [-0.1, -0.05) is 32.5 Å². The number of fused-ring (bicyclic) bond motifs is 1. The fourth-order valence-electron chi connectivity index (χ4n) is 7.77.